The number of Topliss-reactive ketones (excluding diaryl/α,β-unsaturated/α-hetero) is 1. The van der Waals surface area contributed by atoms with Crippen LogP contribution in [0.1, 0.15) is 24.2 Å². The van der Waals surface area contributed by atoms with Gasteiger partial charge in [-0.2, -0.15) is 0 Å². The second kappa shape index (κ2) is 7.39. The molecule has 0 aliphatic rings. The van der Waals surface area contributed by atoms with Crippen molar-refractivity contribution in [2.75, 3.05) is 11.5 Å². The van der Waals surface area contributed by atoms with Crippen LogP contribution in [0.2, 0.25) is 0 Å². The van der Waals surface area contributed by atoms with Crippen LogP contribution < -0.4 is 17.0 Å². The molecule has 10 heteroatoms. The minimum atomic E-state index is -0.686. The lowest BCUT2D eigenvalue weighted by Gasteiger charge is -2.15. The number of ketones is 1. The zero-order valence-corrected chi connectivity index (χ0v) is 16.1. The molecule has 0 radical (unpaired) electrons. The van der Waals surface area contributed by atoms with E-state index in [-0.39, 0.29) is 23.1 Å². The molecule has 0 saturated carbocycles. The number of hydrogen-bond acceptors (Lipinski definition) is 7. The van der Waals surface area contributed by atoms with Crippen LogP contribution in [0, 0.1) is 5.92 Å². The standard InChI is InChI=1S/C17H20N6O3S/c1-10(2)8-23-14(18)13(15(25)21(3)17(23)26)11(24)9-27-16-20-19-12-6-4-5-7-22(12)16/h4-7,10H,8-9,18H2,1-3H3. The fourth-order valence-electron chi connectivity index (χ4n) is 2.71. The molecule has 142 valence electrons. The van der Waals surface area contributed by atoms with E-state index in [2.05, 4.69) is 10.2 Å². The lowest BCUT2D eigenvalue weighted by Crippen LogP contribution is -2.43. The molecule has 0 bridgehead atoms. The maximum Gasteiger partial charge on any atom is 0.332 e. The molecule has 0 amide bonds. The highest BCUT2D eigenvalue weighted by atomic mass is 32.2. The van der Waals surface area contributed by atoms with Crippen molar-refractivity contribution < 1.29 is 4.79 Å². The lowest BCUT2D eigenvalue weighted by atomic mass is 10.2. The fraction of sp³-hybridized carbons (Fsp3) is 0.353. The molecule has 3 rings (SSSR count). The summed E-state index contributed by atoms with van der Waals surface area (Å²) in [6, 6.07) is 5.47. The van der Waals surface area contributed by atoms with Gasteiger partial charge in [-0.15, -0.1) is 10.2 Å². The first-order valence-corrected chi connectivity index (χ1v) is 9.35. The Morgan fingerprint density at radius 2 is 2.00 bits per heavy atom. The highest BCUT2D eigenvalue weighted by Crippen LogP contribution is 2.19. The van der Waals surface area contributed by atoms with Crippen molar-refractivity contribution in [3.63, 3.8) is 0 Å². The maximum atomic E-state index is 12.7. The van der Waals surface area contributed by atoms with Gasteiger partial charge in [-0.25, -0.2) is 4.79 Å². The molecule has 0 aromatic carbocycles. The Labute approximate surface area is 158 Å². The topological polar surface area (TPSA) is 117 Å². The molecule has 0 unspecified atom stereocenters. The van der Waals surface area contributed by atoms with Crippen LogP contribution in [0.25, 0.3) is 5.65 Å². The van der Waals surface area contributed by atoms with E-state index in [1.54, 1.807) is 16.7 Å². The molecule has 0 fully saturated rings. The van der Waals surface area contributed by atoms with E-state index in [1.165, 1.54) is 11.6 Å². The summed E-state index contributed by atoms with van der Waals surface area (Å²) < 4.78 is 3.94. The summed E-state index contributed by atoms with van der Waals surface area (Å²) in [5, 5.41) is 8.60. The quantitative estimate of drug-likeness (QED) is 0.490. The van der Waals surface area contributed by atoms with E-state index in [9.17, 15) is 14.4 Å². The zero-order valence-electron chi connectivity index (χ0n) is 15.2. The first-order chi connectivity index (χ1) is 12.8. The number of nitrogens with zero attached hydrogens (tertiary/aromatic N) is 5. The average molecular weight is 388 g/mol. The number of pyridine rings is 1. The van der Waals surface area contributed by atoms with Gasteiger partial charge in [0, 0.05) is 19.8 Å². The Balaban J connectivity index is 1.93. The number of nitrogens with two attached hydrogens (primary N) is 1. The van der Waals surface area contributed by atoms with Crippen molar-refractivity contribution in [2.24, 2.45) is 13.0 Å². The van der Waals surface area contributed by atoms with E-state index in [0.29, 0.717) is 17.3 Å². The molecule has 3 aromatic rings. The van der Waals surface area contributed by atoms with Crippen LogP contribution in [0.3, 0.4) is 0 Å². The summed E-state index contributed by atoms with van der Waals surface area (Å²) in [4.78, 5) is 37.5. The summed E-state index contributed by atoms with van der Waals surface area (Å²) in [7, 11) is 1.34. The van der Waals surface area contributed by atoms with Gasteiger partial charge < -0.3 is 5.73 Å². The van der Waals surface area contributed by atoms with Crippen molar-refractivity contribution >= 4 is 29.0 Å². The largest absolute Gasteiger partial charge is 0.384 e. The van der Waals surface area contributed by atoms with Crippen LogP contribution >= 0.6 is 11.8 Å². The van der Waals surface area contributed by atoms with Crippen molar-refractivity contribution in [3.05, 3.63) is 50.8 Å². The highest BCUT2D eigenvalue weighted by Gasteiger charge is 2.22. The van der Waals surface area contributed by atoms with Crippen molar-refractivity contribution in [2.45, 2.75) is 25.5 Å². The predicted molar refractivity (Wildman–Crippen MR) is 103 cm³/mol. The monoisotopic (exact) mass is 388 g/mol. The minimum absolute atomic E-state index is 0.0466. The molecule has 3 heterocycles. The molecule has 9 nitrogen and oxygen atoms in total. The Kier molecular flexibility index (Phi) is 5.17. The summed E-state index contributed by atoms with van der Waals surface area (Å²) in [6.07, 6.45) is 1.79. The Morgan fingerprint density at radius 3 is 2.70 bits per heavy atom. The SMILES string of the molecule is CC(C)Cn1c(N)c(C(=O)CSc2nnc3ccccn23)c(=O)n(C)c1=O. The number of rotatable bonds is 6. The Hall–Kier alpha value is -2.88. The summed E-state index contributed by atoms with van der Waals surface area (Å²) in [5.41, 5.74) is 5.31. The number of aromatic nitrogens is 5. The number of carbonyl (C=O) groups is 1. The third-order valence-corrected chi connectivity index (χ3v) is 4.97. The lowest BCUT2D eigenvalue weighted by molar-refractivity contribution is 0.102. The van der Waals surface area contributed by atoms with Crippen LogP contribution in [-0.2, 0) is 13.6 Å². The smallest absolute Gasteiger partial charge is 0.332 e. The van der Waals surface area contributed by atoms with Crippen LogP contribution in [0.4, 0.5) is 5.82 Å². The number of hydrogen-bond donors (Lipinski definition) is 1. The fourth-order valence-corrected chi connectivity index (χ4v) is 3.50. The molecule has 0 spiro atoms. The van der Waals surface area contributed by atoms with Crippen molar-refractivity contribution in [3.8, 4) is 0 Å². The molecule has 2 N–H and O–H groups in total. The van der Waals surface area contributed by atoms with Crippen LogP contribution in [0.5, 0.6) is 0 Å². The summed E-state index contributed by atoms with van der Waals surface area (Å²) in [6.45, 7) is 4.16. The molecular weight excluding hydrogens is 368 g/mol. The summed E-state index contributed by atoms with van der Waals surface area (Å²) >= 11 is 1.16. The predicted octanol–water partition coefficient (Wildman–Crippen LogP) is 0.803. The van der Waals surface area contributed by atoms with Crippen LogP contribution in [-0.4, -0.2) is 35.3 Å². The van der Waals surface area contributed by atoms with Gasteiger partial charge in [0.2, 0.25) is 0 Å². The van der Waals surface area contributed by atoms with E-state index < -0.39 is 17.0 Å². The molecule has 0 aliphatic carbocycles. The number of anilines is 1. The van der Waals surface area contributed by atoms with Crippen LogP contribution in [0.15, 0.2) is 39.1 Å². The maximum absolute atomic E-state index is 12.7. The molecule has 27 heavy (non-hydrogen) atoms. The van der Waals surface area contributed by atoms with Crippen molar-refractivity contribution in [1.29, 1.82) is 0 Å². The minimum Gasteiger partial charge on any atom is -0.384 e. The molecule has 0 aliphatic heterocycles. The van der Waals surface area contributed by atoms with Gasteiger partial charge >= 0.3 is 5.69 Å². The van der Waals surface area contributed by atoms with E-state index in [4.69, 9.17) is 5.73 Å². The zero-order chi connectivity index (χ0) is 19.7. The second-order valence-electron chi connectivity index (χ2n) is 6.53. The third-order valence-electron chi connectivity index (χ3n) is 4.02. The number of nitrogen functional groups attached to an aromatic ring is 1. The van der Waals surface area contributed by atoms with Gasteiger partial charge in [0.1, 0.15) is 11.4 Å². The second-order valence-corrected chi connectivity index (χ2v) is 7.48. The number of fused-ring (bicyclic) bond motifs is 1. The van der Waals surface area contributed by atoms with Gasteiger partial charge in [0.05, 0.1) is 5.75 Å². The van der Waals surface area contributed by atoms with Gasteiger partial charge in [-0.3, -0.25) is 23.1 Å². The van der Waals surface area contributed by atoms with Gasteiger partial charge in [-0.1, -0.05) is 31.7 Å². The first kappa shape index (κ1) is 18.9. The molecule has 0 atom stereocenters. The Morgan fingerprint density at radius 1 is 1.26 bits per heavy atom. The molecule has 3 aromatic heterocycles. The third kappa shape index (κ3) is 3.52. The van der Waals surface area contributed by atoms with Gasteiger partial charge in [-0.05, 0) is 18.1 Å². The highest BCUT2D eigenvalue weighted by molar-refractivity contribution is 7.99. The van der Waals surface area contributed by atoms with E-state index in [1.807, 2.05) is 26.0 Å². The molecule has 0 saturated heterocycles. The average Bonchev–Trinajstić information content (AvgIpc) is 3.05. The number of carbonyl (C=O) groups excluding carboxylic acids is 1. The number of thioether (sulfide) groups is 1. The van der Waals surface area contributed by atoms with Gasteiger partial charge in [0.25, 0.3) is 5.56 Å². The van der Waals surface area contributed by atoms with E-state index in [0.717, 1.165) is 16.3 Å². The van der Waals surface area contributed by atoms with E-state index >= 15 is 0 Å². The normalized spacial score (nSPS) is 11.4. The van der Waals surface area contributed by atoms with Crippen molar-refractivity contribution in [1.82, 2.24) is 23.7 Å². The first-order valence-electron chi connectivity index (χ1n) is 8.36. The van der Waals surface area contributed by atoms with Gasteiger partial charge in [0.15, 0.2) is 16.6 Å². The molecular formula is C17H20N6O3S. The summed E-state index contributed by atoms with van der Waals surface area (Å²) in [5.74, 6) is -0.464. The Bertz CT molecular complexity index is 1130.